The molecule has 0 unspecified atom stereocenters. The maximum atomic E-state index is 12.6. The maximum Gasteiger partial charge on any atom is 0.326 e. The Morgan fingerprint density at radius 2 is 2.03 bits per heavy atom. The molecule has 0 aliphatic rings. The number of esters is 1. The molecule has 3 aromatic rings. The molecule has 29 heavy (non-hydrogen) atoms. The van der Waals surface area contributed by atoms with E-state index in [0.29, 0.717) is 11.3 Å². The molecule has 0 atom stereocenters. The highest BCUT2D eigenvalue weighted by molar-refractivity contribution is 7.16. The van der Waals surface area contributed by atoms with Crippen LogP contribution in [0.15, 0.2) is 47.5 Å². The zero-order valence-electron chi connectivity index (χ0n) is 15.7. The maximum absolute atomic E-state index is 12.6. The van der Waals surface area contributed by atoms with Crippen molar-refractivity contribution in [2.75, 3.05) is 13.7 Å². The Kier molecular flexibility index (Phi) is 6.03. The van der Waals surface area contributed by atoms with E-state index in [1.54, 1.807) is 36.8 Å². The van der Waals surface area contributed by atoms with Gasteiger partial charge in [0.25, 0.3) is 11.6 Å². The molecular formula is C19H17N3O6S. The average molecular weight is 415 g/mol. The normalized spacial score (nSPS) is 11.4. The number of fused-ring (bicyclic) bond motifs is 1. The summed E-state index contributed by atoms with van der Waals surface area (Å²) in [7, 11) is 1.54. The van der Waals surface area contributed by atoms with Crippen LogP contribution in [-0.2, 0) is 16.1 Å². The highest BCUT2D eigenvalue weighted by Crippen LogP contribution is 2.23. The summed E-state index contributed by atoms with van der Waals surface area (Å²) in [4.78, 5) is 39.4. The number of benzene rings is 2. The second-order valence-electron chi connectivity index (χ2n) is 5.83. The Bertz CT molecular complexity index is 1160. The van der Waals surface area contributed by atoms with Crippen molar-refractivity contribution in [1.82, 2.24) is 4.57 Å². The Labute approximate surface area is 169 Å². The number of thiazole rings is 1. The summed E-state index contributed by atoms with van der Waals surface area (Å²) in [5, 5.41) is 10.9. The van der Waals surface area contributed by atoms with Crippen molar-refractivity contribution in [3.8, 4) is 5.75 Å². The van der Waals surface area contributed by atoms with Gasteiger partial charge in [-0.2, -0.15) is 4.99 Å². The van der Waals surface area contributed by atoms with E-state index in [2.05, 4.69) is 4.99 Å². The van der Waals surface area contributed by atoms with Gasteiger partial charge in [-0.25, -0.2) is 0 Å². The lowest BCUT2D eigenvalue weighted by Crippen LogP contribution is -2.23. The standard InChI is InChI=1S/C19H17N3O6S/c1-3-28-17(23)11-21-15-8-7-14(27-2)10-16(15)29-19(21)20-18(24)12-5-4-6-13(9-12)22(25)26/h4-10H,3,11H2,1-2H3. The SMILES string of the molecule is CCOC(=O)Cn1c(=NC(=O)c2cccc([N+](=O)[O-])c2)sc2cc(OC)ccc21. The van der Waals surface area contributed by atoms with Crippen molar-refractivity contribution in [1.29, 1.82) is 0 Å². The van der Waals surface area contributed by atoms with Crippen LogP contribution in [0.3, 0.4) is 0 Å². The minimum atomic E-state index is -0.648. The Hall–Kier alpha value is -3.53. The van der Waals surface area contributed by atoms with E-state index in [1.165, 1.54) is 29.5 Å². The van der Waals surface area contributed by atoms with Gasteiger partial charge in [-0.3, -0.25) is 19.7 Å². The lowest BCUT2D eigenvalue weighted by atomic mass is 10.2. The number of carbonyl (C=O) groups is 2. The molecule has 0 radical (unpaired) electrons. The summed E-state index contributed by atoms with van der Waals surface area (Å²) in [6.45, 7) is 1.81. The van der Waals surface area contributed by atoms with Crippen molar-refractivity contribution in [3.05, 3.63) is 62.9 Å². The van der Waals surface area contributed by atoms with Gasteiger partial charge in [0.15, 0.2) is 4.80 Å². The van der Waals surface area contributed by atoms with Gasteiger partial charge in [-0.05, 0) is 31.2 Å². The molecule has 9 nitrogen and oxygen atoms in total. The fourth-order valence-corrected chi connectivity index (χ4v) is 3.71. The summed E-state index contributed by atoms with van der Waals surface area (Å²) in [5.41, 5.74) is 0.567. The van der Waals surface area contributed by atoms with Crippen LogP contribution in [0.1, 0.15) is 17.3 Å². The summed E-state index contributed by atoms with van der Waals surface area (Å²) >= 11 is 1.20. The van der Waals surface area contributed by atoms with Gasteiger partial charge in [0.2, 0.25) is 0 Å². The third-order valence-electron chi connectivity index (χ3n) is 3.98. The Morgan fingerprint density at radius 3 is 2.72 bits per heavy atom. The Morgan fingerprint density at radius 1 is 1.24 bits per heavy atom. The first-order chi connectivity index (χ1) is 13.9. The van der Waals surface area contributed by atoms with Crippen LogP contribution in [-0.4, -0.2) is 35.1 Å². The number of rotatable bonds is 6. The molecule has 0 aliphatic heterocycles. The zero-order chi connectivity index (χ0) is 21.0. The van der Waals surface area contributed by atoms with E-state index < -0.39 is 16.8 Å². The third kappa shape index (κ3) is 4.49. The number of aromatic nitrogens is 1. The molecule has 0 fully saturated rings. The molecular weight excluding hydrogens is 398 g/mol. The topological polar surface area (TPSA) is 113 Å². The van der Waals surface area contributed by atoms with Crippen molar-refractivity contribution in [3.63, 3.8) is 0 Å². The average Bonchev–Trinajstić information content (AvgIpc) is 3.04. The summed E-state index contributed by atoms with van der Waals surface area (Å²) < 4.78 is 12.6. The largest absolute Gasteiger partial charge is 0.497 e. The number of nitro benzene ring substituents is 1. The van der Waals surface area contributed by atoms with Crippen LogP contribution in [0, 0.1) is 10.1 Å². The number of carbonyl (C=O) groups excluding carboxylic acids is 2. The van der Waals surface area contributed by atoms with Gasteiger partial charge in [0, 0.05) is 17.7 Å². The molecule has 0 saturated carbocycles. The van der Waals surface area contributed by atoms with E-state index >= 15 is 0 Å². The Balaban J connectivity index is 2.10. The van der Waals surface area contributed by atoms with Gasteiger partial charge >= 0.3 is 5.97 Å². The second kappa shape index (κ2) is 8.65. The van der Waals surface area contributed by atoms with E-state index in [-0.39, 0.29) is 29.2 Å². The van der Waals surface area contributed by atoms with E-state index in [1.807, 2.05) is 0 Å². The molecule has 1 amide bonds. The molecule has 0 aliphatic carbocycles. The van der Waals surface area contributed by atoms with Gasteiger partial charge < -0.3 is 14.0 Å². The predicted octanol–water partition coefficient (Wildman–Crippen LogP) is 2.92. The molecule has 0 N–H and O–H groups in total. The molecule has 1 heterocycles. The number of hydrogen-bond acceptors (Lipinski definition) is 7. The van der Waals surface area contributed by atoms with E-state index in [4.69, 9.17) is 9.47 Å². The first-order valence-electron chi connectivity index (χ1n) is 8.59. The summed E-state index contributed by atoms with van der Waals surface area (Å²) in [6.07, 6.45) is 0. The number of non-ortho nitro benzene ring substituents is 1. The zero-order valence-corrected chi connectivity index (χ0v) is 16.5. The predicted molar refractivity (Wildman–Crippen MR) is 106 cm³/mol. The first-order valence-corrected chi connectivity index (χ1v) is 9.41. The molecule has 0 bridgehead atoms. The lowest BCUT2D eigenvalue weighted by Gasteiger charge is -2.05. The van der Waals surface area contributed by atoms with Crippen LogP contribution >= 0.6 is 11.3 Å². The smallest absolute Gasteiger partial charge is 0.326 e. The van der Waals surface area contributed by atoms with Crippen molar-refractivity contribution in [2.24, 2.45) is 4.99 Å². The van der Waals surface area contributed by atoms with E-state index in [0.717, 1.165) is 10.8 Å². The number of ether oxygens (including phenoxy) is 2. The monoisotopic (exact) mass is 415 g/mol. The quantitative estimate of drug-likeness (QED) is 0.347. The van der Waals surface area contributed by atoms with Crippen LogP contribution in [0.5, 0.6) is 5.75 Å². The third-order valence-corrected chi connectivity index (χ3v) is 5.02. The van der Waals surface area contributed by atoms with Gasteiger partial charge in [0.05, 0.1) is 28.9 Å². The van der Waals surface area contributed by atoms with Gasteiger partial charge in [-0.15, -0.1) is 0 Å². The number of nitro groups is 1. The summed E-state index contributed by atoms with van der Waals surface area (Å²) in [5.74, 6) is -0.490. The van der Waals surface area contributed by atoms with Gasteiger partial charge in [-0.1, -0.05) is 17.4 Å². The molecule has 0 spiro atoms. The molecule has 0 saturated heterocycles. The second-order valence-corrected chi connectivity index (χ2v) is 6.84. The molecule has 2 aromatic carbocycles. The number of hydrogen-bond donors (Lipinski definition) is 0. The van der Waals surface area contributed by atoms with Crippen molar-refractivity contribution >= 4 is 39.1 Å². The van der Waals surface area contributed by atoms with Crippen LogP contribution in [0.2, 0.25) is 0 Å². The fraction of sp³-hybridized carbons (Fsp3) is 0.211. The number of nitrogens with zero attached hydrogens (tertiary/aromatic N) is 3. The van der Waals surface area contributed by atoms with Crippen LogP contribution in [0.25, 0.3) is 10.2 Å². The molecule has 1 aromatic heterocycles. The lowest BCUT2D eigenvalue weighted by molar-refractivity contribution is -0.384. The molecule has 150 valence electrons. The minimum Gasteiger partial charge on any atom is -0.497 e. The van der Waals surface area contributed by atoms with Gasteiger partial charge in [0.1, 0.15) is 12.3 Å². The fourth-order valence-electron chi connectivity index (χ4n) is 2.66. The molecule has 10 heteroatoms. The highest BCUT2D eigenvalue weighted by Gasteiger charge is 2.15. The minimum absolute atomic E-state index is 0.0805. The van der Waals surface area contributed by atoms with Crippen molar-refractivity contribution < 1.29 is 24.0 Å². The van der Waals surface area contributed by atoms with E-state index in [9.17, 15) is 19.7 Å². The highest BCUT2D eigenvalue weighted by atomic mass is 32.1. The number of amides is 1. The first kappa shape index (κ1) is 20.2. The number of methoxy groups -OCH3 is 1. The van der Waals surface area contributed by atoms with Crippen LogP contribution < -0.4 is 9.54 Å². The van der Waals surface area contributed by atoms with Crippen molar-refractivity contribution in [2.45, 2.75) is 13.5 Å². The summed E-state index contributed by atoms with van der Waals surface area (Å²) in [6, 6.07) is 10.6. The van der Waals surface area contributed by atoms with Crippen LogP contribution in [0.4, 0.5) is 5.69 Å². The molecule has 3 rings (SSSR count).